The van der Waals surface area contributed by atoms with E-state index >= 15 is 0 Å². The largest absolute Gasteiger partial charge is 0.383 e. The second kappa shape index (κ2) is 4.76. The van der Waals surface area contributed by atoms with E-state index < -0.39 is 0 Å². The second-order valence-electron chi connectivity index (χ2n) is 3.51. The Labute approximate surface area is 97.3 Å². The molecule has 0 bridgehead atoms. The molecule has 0 amide bonds. The molecule has 1 aromatic heterocycles. The van der Waals surface area contributed by atoms with Crippen molar-refractivity contribution in [2.45, 2.75) is 6.92 Å². The van der Waals surface area contributed by atoms with Gasteiger partial charge in [0.1, 0.15) is 5.82 Å². The van der Waals surface area contributed by atoms with Crippen molar-refractivity contribution in [1.29, 1.82) is 0 Å². The molecule has 0 radical (unpaired) electrons. The number of hydrogen-bond acceptors (Lipinski definition) is 4. The minimum absolute atomic E-state index is 0.181. The van der Waals surface area contributed by atoms with E-state index in [1.807, 2.05) is 0 Å². The third-order valence-electron chi connectivity index (χ3n) is 2.25. The maximum Gasteiger partial charge on any atom is 0.183 e. The summed E-state index contributed by atoms with van der Waals surface area (Å²) in [5, 5.41) is 3.94. The first-order chi connectivity index (χ1) is 7.70. The summed E-state index contributed by atoms with van der Waals surface area (Å²) in [6, 6.07) is 3.30. The molecule has 3 nitrogen and oxygen atoms in total. The maximum atomic E-state index is 13.3. The van der Waals surface area contributed by atoms with Crippen LogP contribution in [0.4, 0.5) is 9.52 Å². The monoisotopic (exact) mass is 240 g/mol. The zero-order chi connectivity index (χ0) is 11.5. The number of ether oxygens (including phenoxy) is 1. The van der Waals surface area contributed by atoms with Gasteiger partial charge in [-0.3, -0.25) is 0 Å². The quantitative estimate of drug-likeness (QED) is 0.834. The summed E-state index contributed by atoms with van der Waals surface area (Å²) in [6.45, 7) is 3.08. The van der Waals surface area contributed by atoms with Crippen LogP contribution in [0.3, 0.4) is 0 Å². The zero-order valence-corrected chi connectivity index (χ0v) is 10.0. The van der Waals surface area contributed by atoms with Crippen LogP contribution in [0.1, 0.15) is 5.56 Å². The molecule has 86 valence electrons. The number of methoxy groups -OCH3 is 1. The lowest BCUT2D eigenvalue weighted by atomic mass is 10.2. The summed E-state index contributed by atoms with van der Waals surface area (Å²) >= 11 is 1.45. The molecular formula is C11H13FN2OS. The van der Waals surface area contributed by atoms with Gasteiger partial charge in [-0.1, -0.05) is 11.3 Å². The van der Waals surface area contributed by atoms with Gasteiger partial charge in [-0.15, -0.1) is 0 Å². The highest BCUT2D eigenvalue weighted by Gasteiger charge is 2.06. The molecule has 0 unspecified atom stereocenters. The number of hydrogen-bond donors (Lipinski definition) is 1. The summed E-state index contributed by atoms with van der Waals surface area (Å²) in [6.07, 6.45) is 0. The Morgan fingerprint density at radius 3 is 3.06 bits per heavy atom. The molecule has 0 saturated carbocycles. The molecule has 1 N–H and O–H groups in total. The molecule has 1 aromatic carbocycles. The summed E-state index contributed by atoms with van der Waals surface area (Å²) < 4.78 is 19.1. The van der Waals surface area contributed by atoms with Crippen LogP contribution in [0.2, 0.25) is 0 Å². The number of thiazole rings is 1. The molecular weight excluding hydrogens is 227 g/mol. The Kier molecular flexibility index (Phi) is 3.36. The Morgan fingerprint density at radius 1 is 1.50 bits per heavy atom. The van der Waals surface area contributed by atoms with Crippen molar-refractivity contribution >= 4 is 26.7 Å². The van der Waals surface area contributed by atoms with Gasteiger partial charge in [0, 0.05) is 13.7 Å². The van der Waals surface area contributed by atoms with E-state index in [2.05, 4.69) is 10.3 Å². The number of nitrogens with zero attached hydrogens (tertiary/aromatic N) is 1. The molecule has 2 aromatic rings. The van der Waals surface area contributed by atoms with Crippen molar-refractivity contribution in [2.24, 2.45) is 0 Å². The maximum absolute atomic E-state index is 13.3. The van der Waals surface area contributed by atoms with E-state index in [1.165, 1.54) is 17.4 Å². The van der Waals surface area contributed by atoms with Crippen LogP contribution in [0.25, 0.3) is 10.2 Å². The van der Waals surface area contributed by atoms with E-state index in [0.717, 1.165) is 15.3 Å². The summed E-state index contributed by atoms with van der Waals surface area (Å²) in [5.74, 6) is -0.181. The summed E-state index contributed by atoms with van der Waals surface area (Å²) in [7, 11) is 1.65. The Balaban J connectivity index is 2.23. The zero-order valence-electron chi connectivity index (χ0n) is 9.21. The predicted octanol–water partition coefficient (Wildman–Crippen LogP) is 2.80. The summed E-state index contributed by atoms with van der Waals surface area (Å²) in [4.78, 5) is 4.37. The number of aromatic nitrogens is 1. The lowest BCUT2D eigenvalue weighted by Gasteiger charge is -1.99. The van der Waals surface area contributed by atoms with Gasteiger partial charge in [0.05, 0.1) is 16.8 Å². The third kappa shape index (κ3) is 2.31. The number of anilines is 1. The normalized spacial score (nSPS) is 10.9. The lowest BCUT2D eigenvalue weighted by Crippen LogP contribution is -2.06. The van der Waals surface area contributed by atoms with Crippen LogP contribution in [-0.4, -0.2) is 25.2 Å². The van der Waals surface area contributed by atoms with Crippen LogP contribution in [0.15, 0.2) is 12.1 Å². The Hall–Kier alpha value is -1.20. The molecule has 0 aliphatic carbocycles. The lowest BCUT2D eigenvalue weighted by molar-refractivity contribution is 0.211. The fourth-order valence-electron chi connectivity index (χ4n) is 1.39. The minimum atomic E-state index is -0.181. The number of benzene rings is 1. The van der Waals surface area contributed by atoms with E-state index in [9.17, 15) is 4.39 Å². The van der Waals surface area contributed by atoms with E-state index in [4.69, 9.17) is 4.74 Å². The SMILES string of the molecule is COCCNc1nc2cc(C)c(F)cc2s1. The number of rotatable bonds is 4. The van der Waals surface area contributed by atoms with Gasteiger partial charge in [-0.25, -0.2) is 9.37 Å². The van der Waals surface area contributed by atoms with Crippen LogP contribution in [0.5, 0.6) is 0 Å². The molecule has 0 aliphatic heterocycles. The fourth-order valence-corrected chi connectivity index (χ4v) is 2.29. The summed E-state index contributed by atoms with van der Waals surface area (Å²) in [5.41, 5.74) is 1.46. The highest BCUT2D eigenvalue weighted by molar-refractivity contribution is 7.22. The van der Waals surface area contributed by atoms with Crippen LogP contribution >= 0.6 is 11.3 Å². The molecule has 0 fully saturated rings. The van der Waals surface area contributed by atoms with Crippen LogP contribution < -0.4 is 5.32 Å². The second-order valence-corrected chi connectivity index (χ2v) is 4.54. The number of aryl methyl sites for hydroxylation is 1. The first kappa shape index (κ1) is 11.3. The highest BCUT2D eigenvalue weighted by Crippen LogP contribution is 2.27. The van der Waals surface area contributed by atoms with Gasteiger partial charge in [-0.05, 0) is 24.6 Å². The first-order valence-electron chi connectivity index (χ1n) is 5.00. The van der Waals surface area contributed by atoms with Crippen LogP contribution in [-0.2, 0) is 4.74 Å². The topological polar surface area (TPSA) is 34.1 Å². The average Bonchev–Trinajstić information content (AvgIpc) is 2.61. The molecule has 0 atom stereocenters. The highest BCUT2D eigenvalue weighted by atomic mass is 32.1. The van der Waals surface area contributed by atoms with Gasteiger partial charge >= 0.3 is 0 Å². The van der Waals surface area contributed by atoms with Crippen molar-refractivity contribution in [2.75, 3.05) is 25.6 Å². The van der Waals surface area contributed by atoms with Gasteiger partial charge in [0.2, 0.25) is 0 Å². The van der Waals surface area contributed by atoms with E-state index in [0.29, 0.717) is 18.7 Å². The van der Waals surface area contributed by atoms with Crippen molar-refractivity contribution in [3.05, 3.63) is 23.5 Å². The van der Waals surface area contributed by atoms with Crippen molar-refractivity contribution in [3.8, 4) is 0 Å². The first-order valence-corrected chi connectivity index (χ1v) is 5.82. The fraction of sp³-hybridized carbons (Fsp3) is 0.364. The predicted molar refractivity (Wildman–Crippen MR) is 64.7 cm³/mol. The third-order valence-corrected chi connectivity index (χ3v) is 3.23. The average molecular weight is 240 g/mol. The van der Waals surface area contributed by atoms with Gasteiger partial charge in [0.15, 0.2) is 5.13 Å². The molecule has 1 heterocycles. The smallest absolute Gasteiger partial charge is 0.183 e. The van der Waals surface area contributed by atoms with E-state index in [-0.39, 0.29) is 5.82 Å². The Bertz CT molecular complexity index is 459. The van der Waals surface area contributed by atoms with Crippen molar-refractivity contribution in [1.82, 2.24) is 4.98 Å². The number of nitrogens with one attached hydrogen (secondary N) is 1. The number of fused-ring (bicyclic) bond motifs is 1. The molecule has 0 spiro atoms. The van der Waals surface area contributed by atoms with Gasteiger partial charge in [0.25, 0.3) is 0 Å². The van der Waals surface area contributed by atoms with Crippen molar-refractivity contribution in [3.63, 3.8) is 0 Å². The molecule has 16 heavy (non-hydrogen) atoms. The molecule has 0 aliphatic rings. The van der Waals surface area contributed by atoms with E-state index in [1.54, 1.807) is 20.1 Å². The Morgan fingerprint density at radius 2 is 2.31 bits per heavy atom. The molecule has 5 heteroatoms. The van der Waals surface area contributed by atoms with Crippen molar-refractivity contribution < 1.29 is 9.13 Å². The van der Waals surface area contributed by atoms with Gasteiger partial charge < -0.3 is 10.1 Å². The minimum Gasteiger partial charge on any atom is -0.383 e. The molecule has 0 saturated heterocycles. The standard InChI is InChI=1S/C11H13FN2OS/c1-7-5-9-10(6-8(7)12)16-11(14-9)13-3-4-15-2/h5-6H,3-4H2,1-2H3,(H,13,14). The number of halogens is 1. The van der Waals surface area contributed by atoms with Gasteiger partial charge in [-0.2, -0.15) is 0 Å². The molecule has 2 rings (SSSR count). The van der Waals surface area contributed by atoms with Crippen LogP contribution in [0, 0.1) is 12.7 Å².